The Kier molecular flexibility index (Phi) is 37.4. The minimum Gasteiger partial charge on any atom is -0.462 e. The van der Waals surface area contributed by atoms with E-state index < -0.39 is 32.5 Å². The molecule has 0 rings (SSSR count). The quantitative estimate of drug-likeness (QED) is 0.0276. The van der Waals surface area contributed by atoms with Crippen LogP contribution in [-0.2, 0) is 32.7 Å². The Morgan fingerprint density at radius 1 is 0.574 bits per heavy atom. The van der Waals surface area contributed by atoms with Crippen LogP contribution in [0.25, 0.3) is 0 Å². The maximum absolute atomic E-state index is 12.5. The Morgan fingerprint density at radius 2 is 1.06 bits per heavy atom. The van der Waals surface area contributed by atoms with Gasteiger partial charge in [0.1, 0.15) is 6.61 Å². The highest BCUT2D eigenvalue weighted by molar-refractivity contribution is 7.47. The molecule has 0 radical (unpaired) electrons. The van der Waals surface area contributed by atoms with Crippen LogP contribution in [0.3, 0.4) is 0 Å². The number of nitrogens with two attached hydrogens (primary N) is 1. The second-order valence-electron chi connectivity index (χ2n) is 12.8. The third-order valence-corrected chi connectivity index (χ3v) is 8.70. The Balaban J connectivity index is 4.38. The van der Waals surface area contributed by atoms with Crippen molar-refractivity contribution in [2.75, 3.05) is 26.4 Å². The molecule has 1 unspecified atom stereocenters. The zero-order valence-electron chi connectivity index (χ0n) is 33.4. The van der Waals surface area contributed by atoms with Crippen molar-refractivity contribution in [2.24, 2.45) is 5.73 Å². The lowest BCUT2D eigenvalue weighted by atomic mass is 10.1. The molecule has 0 amide bonds. The van der Waals surface area contributed by atoms with E-state index in [1.54, 1.807) is 0 Å². The highest BCUT2D eigenvalue weighted by Gasteiger charge is 2.25. The van der Waals surface area contributed by atoms with Crippen molar-refractivity contribution in [3.8, 4) is 0 Å². The van der Waals surface area contributed by atoms with E-state index in [9.17, 15) is 19.0 Å². The summed E-state index contributed by atoms with van der Waals surface area (Å²) < 4.78 is 32.6. The molecule has 0 aromatic heterocycles. The maximum atomic E-state index is 12.5. The van der Waals surface area contributed by atoms with E-state index >= 15 is 0 Å². The van der Waals surface area contributed by atoms with Gasteiger partial charge in [0.25, 0.3) is 0 Å². The van der Waals surface area contributed by atoms with Crippen LogP contribution in [0.1, 0.15) is 136 Å². The summed E-state index contributed by atoms with van der Waals surface area (Å²) in [6, 6.07) is 0. The minimum atomic E-state index is -4.40. The number of rotatable bonds is 36. The number of allylic oxidation sites excluding steroid dienone is 16. The van der Waals surface area contributed by atoms with Gasteiger partial charge in [0.2, 0.25) is 0 Å². The molecule has 0 bridgehead atoms. The van der Waals surface area contributed by atoms with Crippen molar-refractivity contribution < 1.29 is 37.6 Å². The van der Waals surface area contributed by atoms with E-state index in [0.717, 1.165) is 83.5 Å². The molecule has 0 heterocycles. The second kappa shape index (κ2) is 39.6. The molecule has 306 valence electrons. The monoisotopic (exact) mass is 773 g/mol. The molecular weight excluding hydrogens is 701 g/mol. The van der Waals surface area contributed by atoms with Crippen molar-refractivity contribution in [1.82, 2.24) is 0 Å². The van der Waals surface area contributed by atoms with Crippen LogP contribution in [0.4, 0.5) is 0 Å². The Labute approximate surface area is 327 Å². The molecule has 0 aliphatic rings. The molecule has 0 saturated heterocycles. The molecule has 2 atom stereocenters. The summed E-state index contributed by atoms with van der Waals surface area (Å²) in [4.78, 5) is 34.8. The molecule has 54 heavy (non-hydrogen) atoms. The number of unbranched alkanes of at least 4 members (excludes halogenated alkanes) is 7. The summed E-state index contributed by atoms with van der Waals surface area (Å²) in [7, 11) is -4.40. The first-order valence-corrected chi connectivity index (χ1v) is 21.7. The van der Waals surface area contributed by atoms with Gasteiger partial charge in [0.15, 0.2) is 6.10 Å². The fourth-order valence-corrected chi connectivity index (χ4v) is 5.50. The van der Waals surface area contributed by atoms with Gasteiger partial charge in [-0.1, -0.05) is 143 Å². The molecule has 3 N–H and O–H groups in total. The van der Waals surface area contributed by atoms with Crippen LogP contribution in [0.5, 0.6) is 0 Å². The van der Waals surface area contributed by atoms with Gasteiger partial charge in [-0.25, -0.2) is 4.57 Å². The molecule has 0 aliphatic heterocycles. The number of ether oxygens (including phenoxy) is 2. The first-order chi connectivity index (χ1) is 26.3. The normalized spacial score (nSPS) is 14.4. The maximum Gasteiger partial charge on any atom is 0.472 e. The molecule has 10 heteroatoms. The van der Waals surface area contributed by atoms with Crippen LogP contribution in [0, 0.1) is 0 Å². The molecule has 9 nitrogen and oxygen atoms in total. The lowest BCUT2D eigenvalue weighted by molar-refractivity contribution is -0.161. The van der Waals surface area contributed by atoms with Crippen molar-refractivity contribution in [2.45, 2.75) is 142 Å². The summed E-state index contributed by atoms with van der Waals surface area (Å²) in [6.07, 6.45) is 50.2. The first-order valence-electron chi connectivity index (χ1n) is 20.2. The second-order valence-corrected chi connectivity index (χ2v) is 14.2. The fraction of sp³-hybridized carbons (Fsp3) is 0.591. The van der Waals surface area contributed by atoms with E-state index in [2.05, 4.69) is 98.9 Å². The largest absolute Gasteiger partial charge is 0.472 e. The summed E-state index contributed by atoms with van der Waals surface area (Å²) in [5.41, 5.74) is 5.33. The Bertz CT molecular complexity index is 1200. The number of hydrogen-bond donors (Lipinski definition) is 2. The van der Waals surface area contributed by atoms with Gasteiger partial charge >= 0.3 is 19.8 Å². The van der Waals surface area contributed by atoms with Gasteiger partial charge in [-0.2, -0.15) is 0 Å². The van der Waals surface area contributed by atoms with Crippen molar-refractivity contribution >= 4 is 19.8 Å². The van der Waals surface area contributed by atoms with Crippen LogP contribution in [-0.4, -0.2) is 49.3 Å². The van der Waals surface area contributed by atoms with Crippen molar-refractivity contribution in [1.29, 1.82) is 0 Å². The molecule has 0 aromatic carbocycles. The zero-order valence-corrected chi connectivity index (χ0v) is 34.3. The SMILES string of the molecule is CC/C=C/C/C=C/C/C=C/C/C=C/C/C=C/C/C=C/CCC(=O)O[C@H](COC(=O)CCCCCCC/C=C/C/C=C/CCCC)COP(=O)(O)OCCN. The molecule has 0 aliphatic carbocycles. The molecule has 0 spiro atoms. The van der Waals surface area contributed by atoms with Gasteiger partial charge in [-0.05, 0) is 77.0 Å². The number of esters is 2. The third-order valence-electron chi connectivity index (χ3n) is 7.72. The highest BCUT2D eigenvalue weighted by Crippen LogP contribution is 2.43. The number of carbonyl (C=O) groups excluding carboxylic acids is 2. The number of hydrogen-bond acceptors (Lipinski definition) is 8. The first kappa shape index (κ1) is 50.9. The fourth-order valence-electron chi connectivity index (χ4n) is 4.73. The van der Waals surface area contributed by atoms with Crippen molar-refractivity contribution in [3.63, 3.8) is 0 Å². The van der Waals surface area contributed by atoms with Crippen LogP contribution < -0.4 is 5.73 Å². The highest BCUT2D eigenvalue weighted by atomic mass is 31.2. The smallest absolute Gasteiger partial charge is 0.462 e. The molecule has 0 saturated carbocycles. The number of phosphoric acid groups is 1. The van der Waals surface area contributed by atoms with E-state index in [1.165, 1.54) is 12.8 Å². The Hall–Kier alpha value is -3.07. The van der Waals surface area contributed by atoms with Crippen LogP contribution in [0.15, 0.2) is 97.2 Å². The minimum absolute atomic E-state index is 0.0344. The van der Waals surface area contributed by atoms with Gasteiger partial charge in [0.05, 0.1) is 13.2 Å². The predicted molar refractivity (Wildman–Crippen MR) is 224 cm³/mol. The molecule has 0 fully saturated rings. The van der Waals surface area contributed by atoms with Gasteiger partial charge < -0.3 is 20.1 Å². The van der Waals surface area contributed by atoms with Gasteiger partial charge in [0, 0.05) is 19.4 Å². The van der Waals surface area contributed by atoms with Gasteiger partial charge in [-0.3, -0.25) is 18.6 Å². The topological polar surface area (TPSA) is 134 Å². The van der Waals surface area contributed by atoms with Crippen LogP contribution >= 0.6 is 7.82 Å². The van der Waals surface area contributed by atoms with Crippen LogP contribution in [0.2, 0.25) is 0 Å². The standard InChI is InChI=1S/C44H72NO8P/c1-3-5-7-9-11-13-15-17-19-20-21-22-23-25-27-29-31-33-35-37-44(47)53-42(41-52-54(48,49)51-39-38-45)40-50-43(46)36-34-32-30-28-26-24-18-16-14-12-10-8-6-4-2/h5,7,10-13,16-19,21-22,25,27,31,33,42H,3-4,6,8-9,14-15,20,23-24,26,28-30,32,34-41,45H2,1-2H3,(H,48,49)/b7-5+,12-10+,13-11+,18-16+,19-17+,22-21+,27-25+,33-31+/t42-/m1/s1. The average molecular weight is 774 g/mol. The summed E-state index contributed by atoms with van der Waals surface area (Å²) in [5, 5.41) is 0. The lowest BCUT2D eigenvalue weighted by Crippen LogP contribution is -2.29. The predicted octanol–water partition coefficient (Wildman–Crippen LogP) is 11.4. The van der Waals surface area contributed by atoms with E-state index in [0.29, 0.717) is 12.8 Å². The lowest BCUT2D eigenvalue weighted by Gasteiger charge is -2.19. The van der Waals surface area contributed by atoms with Crippen molar-refractivity contribution in [3.05, 3.63) is 97.2 Å². The van der Waals surface area contributed by atoms with Gasteiger partial charge in [-0.15, -0.1) is 0 Å². The van der Waals surface area contributed by atoms with E-state index in [4.69, 9.17) is 24.3 Å². The molecular formula is C44H72NO8P. The molecule has 0 aromatic rings. The number of carbonyl (C=O) groups is 2. The third kappa shape index (κ3) is 38.6. The summed E-state index contributed by atoms with van der Waals surface area (Å²) in [5.74, 6) is -0.955. The zero-order chi connectivity index (χ0) is 39.6. The summed E-state index contributed by atoms with van der Waals surface area (Å²) in [6.45, 7) is 3.44. The van der Waals surface area contributed by atoms with E-state index in [-0.39, 0.29) is 32.6 Å². The van der Waals surface area contributed by atoms with E-state index in [1.807, 2.05) is 12.2 Å². The average Bonchev–Trinajstić information content (AvgIpc) is 3.16. The number of phosphoric ester groups is 1. The Morgan fingerprint density at radius 3 is 1.59 bits per heavy atom. The summed E-state index contributed by atoms with van der Waals surface area (Å²) >= 11 is 0.